The number of hydrogen-bond donors (Lipinski definition) is 1. The molecule has 1 amide bonds. The fourth-order valence-electron chi connectivity index (χ4n) is 2.16. The average molecular weight is 296 g/mol. The topological polar surface area (TPSA) is 68.5 Å². The lowest BCUT2D eigenvalue weighted by molar-refractivity contribution is 0.102. The second-order valence-electron chi connectivity index (χ2n) is 4.80. The zero-order valence-electron chi connectivity index (χ0n) is 12.4. The highest BCUT2D eigenvalue weighted by Gasteiger charge is 2.09. The SMILES string of the molecule is CCOc1ccc(NC(=O)c2ccn3c(C)nnc3c2)cc1. The number of nitrogens with zero attached hydrogens (tertiary/aromatic N) is 3. The molecule has 0 unspecified atom stereocenters. The Bertz CT molecular complexity index is 809. The molecule has 3 rings (SSSR count). The van der Waals surface area contributed by atoms with Crippen LogP contribution in [0, 0.1) is 6.92 Å². The van der Waals surface area contributed by atoms with E-state index in [0.29, 0.717) is 23.5 Å². The van der Waals surface area contributed by atoms with Crippen molar-refractivity contribution in [1.29, 1.82) is 0 Å². The van der Waals surface area contributed by atoms with Gasteiger partial charge in [-0.25, -0.2) is 0 Å². The Morgan fingerprint density at radius 2 is 2.00 bits per heavy atom. The lowest BCUT2D eigenvalue weighted by Crippen LogP contribution is -2.12. The van der Waals surface area contributed by atoms with Crippen molar-refractivity contribution in [3.63, 3.8) is 0 Å². The largest absolute Gasteiger partial charge is 0.494 e. The maximum atomic E-state index is 12.3. The predicted octanol–water partition coefficient (Wildman–Crippen LogP) is 2.69. The predicted molar refractivity (Wildman–Crippen MR) is 83.3 cm³/mol. The standard InChI is InChI=1S/C16H16N4O2/c1-3-22-14-6-4-13(5-7-14)17-16(21)12-8-9-20-11(2)18-19-15(20)10-12/h4-10H,3H2,1-2H3,(H,17,21). The van der Waals surface area contributed by atoms with Crippen LogP contribution >= 0.6 is 0 Å². The molecule has 3 aromatic rings. The number of benzene rings is 1. The Hall–Kier alpha value is -2.89. The highest BCUT2D eigenvalue weighted by Crippen LogP contribution is 2.17. The fourth-order valence-corrected chi connectivity index (χ4v) is 2.16. The van der Waals surface area contributed by atoms with Gasteiger partial charge in [0.25, 0.3) is 5.91 Å². The number of aromatic nitrogens is 3. The molecule has 0 fully saturated rings. The number of aryl methyl sites for hydroxylation is 1. The number of pyridine rings is 1. The van der Waals surface area contributed by atoms with E-state index in [4.69, 9.17) is 4.74 Å². The Morgan fingerprint density at radius 3 is 2.73 bits per heavy atom. The van der Waals surface area contributed by atoms with E-state index in [-0.39, 0.29) is 5.91 Å². The normalized spacial score (nSPS) is 10.6. The summed E-state index contributed by atoms with van der Waals surface area (Å²) < 4.78 is 7.20. The van der Waals surface area contributed by atoms with E-state index in [1.54, 1.807) is 18.3 Å². The second-order valence-corrected chi connectivity index (χ2v) is 4.80. The number of ether oxygens (including phenoxy) is 1. The molecular formula is C16H16N4O2. The molecule has 2 heterocycles. The number of fused-ring (bicyclic) bond motifs is 1. The van der Waals surface area contributed by atoms with Crippen molar-refractivity contribution < 1.29 is 9.53 Å². The fraction of sp³-hybridized carbons (Fsp3) is 0.188. The van der Waals surface area contributed by atoms with Gasteiger partial charge in [0.05, 0.1) is 6.61 Å². The van der Waals surface area contributed by atoms with Crippen molar-refractivity contribution in [2.24, 2.45) is 0 Å². The molecule has 0 saturated heterocycles. The first kappa shape index (κ1) is 14.1. The first-order chi connectivity index (χ1) is 10.7. The van der Waals surface area contributed by atoms with E-state index in [9.17, 15) is 4.79 Å². The van der Waals surface area contributed by atoms with E-state index in [1.807, 2.05) is 42.5 Å². The molecule has 22 heavy (non-hydrogen) atoms. The van der Waals surface area contributed by atoms with Gasteiger partial charge < -0.3 is 10.1 Å². The first-order valence-electron chi connectivity index (χ1n) is 7.03. The van der Waals surface area contributed by atoms with Crippen LogP contribution in [0.25, 0.3) is 5.65 Å². The van der Waals surface area contributed by atoms with Crippen LogP contribution in [0.15, 0.2) is 42.6 Å². The summed E-state index contributed by atoms with van der Waals surface area (Å²) in [5.41, 5.74) is 1.90. The maximum absolute atomic E-state index is 12.3. The monoisotopic (exact) mass is 296 g/mol. The zero-order valence-corrected chi connectivity index (χ0v) is 12.4. The number of carbonyl (C=O) groups is 1. The van der Waals surface area contributed by atoms with Gasteiger partial charge in [-0.05, 0) is 50.2 Å². The molecule has 0 aliphatic rings. The molecule has 0 atom stereocenters. The van der Waals surface area contributed by atoms with Crippen LogP contribution in [-0.4, -0.2) is 27.1 Å². The quantitative estimate of drug-likeness (QED) is 0.803. The van der Waals surface area contributed by atoms with Crippen LogP contribution in [0.5, 0.6) is 5.75 Å². The summed E-state index contributed by atoms with van der Waals surface area (Å²) in [6, 6.07) is 10.7. The molecule has 0 aliphatic carbocycles. The summed E-state index contributed by atoms with van der Waals surface area (Å²) >= 11 is 0. The number of nitrogens with one attached hydrogen (secondary N) is 1. The van der Waals surface area contributed by atoms with Crippen LogP contribution < -0.4 is 10.1 Å². The Labute approximate surface area is 127 Å². The third-order valence-electron chi connectivity index (χ3n) is 3.27. The number of anilines is 1. The lowest BCUT2D eigenvalue weighted by atomic mass is 10.2. The van der Waals surface area contributed by atoms with Gasteiger partial charge in [-0.3, -0.25) is 9.20 Å². The van der Waals surface area contributed by atoms with Crippen LogP contribution in [-0.2, 0) is 0 Å². The minimum Gasteiger partial charge on any atom is -0.494 e. The summed E-state index contributed by atoms with van der Waals surface area (Å²) in [6.07, 6.45) is 1.79. The third kappa shape index (κ3) is 2.76. The second kappa shape index (κ2) is 5.85. The van der Waals surface area contributed by atoms with E-state index in [2.05, 4.69) is 15.5 Å². The van der Waals surface area contributed by atoms with Crippen LogP contribution in [0.1, 0.15) is 23.1 Å². The molecule has 6 heteroatoms. The van der Waals surface area contributed by atoms with Crippen molar-refractivity contribution >= 4 is 17.2 Å². The minimum absolute atomic E-state index is 0.188. The molecule has 0 radical (unpaired) electrons. The van der Waals surface area contributed by atoms with Gasteiger partial charge in [-0.2, -0.15) is 0 Å². The van der Waals surface area contributed by atoms with Gasteiger partial charge in [-0.15, -0.1) is 10.2 Å². The molecule has 0 aliphatic heterocycles. The number of amides is 1. The number of rotatable bonds is 4. The smallest absolute Gasteiger partial charge is 0.255 e. The van der Waals surface area contributed by atoms with Crippen LogP contribution in [0.2, 0.25) is 0 Å². The molecule has 2 aromatic heterocycles. The van der Waals surface area contributed by atoms with Gasteiger partial charge in [0.15, 0.2) is 5.65 Å². The Kier molecular flexibility index (Phi) is 3.74. The van der Waals surface area contributed by atoms with Crippen molar-refractivity contribution in [2.45, 2.75) is 13.8 Å². The van der Waals surface area contributed by atoms with Gasteiger partial charge >= 0.3 is 0 Å². The summed E-state index contributed by atoms with van der Waals surface area (Å²) in [6.45, 7) is 4.40. The molecule has 1 N–H and O–H groups in total. The minimum atomic E-state index is -0.188. The van der Waals surface area contributed by atoms with E-state index in [0.717, 1.165) is 11.6 Å². The highest BCUT2D eigenvalue weighted by atomic mass is 16.5. The average Bonchev–Trinajstić information content (AvgIpc) is 2.90. The van der Waals surface area contributed by atoms with Gasteiger partial charge in [0.1, 0.15) is 11.6 Å². The third-order valence-corrected chi connectivity index (χ3v) is 3.27. The highest BCUT2D eigenvalue weighted by molar-refractivity contribution is 6.04. The molecule has 0 bridgehead atoms. The Morgan fingerprint density at radius 1 is 1.23 bits per heavy atom. The van der Waals surface area contributed by atoms with Crippen molar-refractivity contribution in [2.75, 3.05) is 11.9 Å². The van der Waals surface area contributed by atoms with E-state index in [1.165, 1.54) is 0 Å². The van der Waals surface area contributed by atoms with E-state index >= 15 is 0 Å². The summed E-state index contributed by atoms with van der Waals surface area (Å²) in [5, 5.41) is 10.8. The molecule has 1 aromatic carbocycles. The molecule has 0 saturated carbocycles. The maximum Gasteiger partial charge on any atom is 0.255 e. The lowest BCUT2D eigenvalue weighted by Gasteiger charge is -2.07. The first-order valence-corrected chi connectivity index (χ1v) is 7.03. The van der Waals surface area contributed by atoms with Crippen molar-refractivity contribution in [3.8, 4) is 5.75 Å². The molecule has 112 valence electrons. The van der Waals surface area contributed by atoms with Gasteiger partial charge in [0, 0.05) is 17.4 Å². The zero-order chi connectivity index (χ0) is 15.5. The number of hydrogen-bond acceptors (Lipinski definition) is 4. The summed E-state index contributed by atoms with van der Waals surface area (Å²) in [7, 11) is 0. The summed E-state index contributed by atoms with van der Waals surface area (Å²) in [4.78, 5) is 12.3. The van der Waals surface area contributed by atoms with Crippen molar-refractivity contribution in [1.82, 2.24) is 14.6 Å². The molecule has 0 spiro atoms. The molecule has 6 nitrogen and oxygen atoms in total. The van der Waals surface area contributed by atoms with Crippen molar-refractivity contribution in [3.05, 3.63) is 54.0 Å². The number of carbonyl (C=O) groups excluding carboxylic acids is 1. The van der Waals surface area contributed by atoms with Gasteiger partial charge in [-0.1, -0.05) is 0 Å². The van der Waals surface area contributed by atoms with E-state index < -0.39 is 0 Å². The van der Waals surface area contributed by atoms with Crippen LogP contribution in [0.4, 0.5) is 5.69 Å². The Balaban J connectivity index is 1.77. The van der Waals surface area contributed by atoms with Gasteiger partial charge in [0.2, 0.25) is 0 Å². The summed E-state index contributed by atoms with van der Waals surface area (Å²) in [5.74, 6) is 1.38. The molecular weight excluding hydrogens is 280 g/mol. The van der Waals surface area contributed by atoms with Crippen LogP contribution in [0.3, 0.4) is 0 Å².